The third kappa shape index (κ3) is 5.15. The molecule has 2 aromatic heterocycles. The van der Waals surface area contributed by atoms with E-state index in [1.54, 1.807) is 48.8 Å². The van der Waals surface area contributed by atoms with E-state index in [-0.39, 0.29) is 17.7 Å². The van der Waals surface area contributed by atoms with E-state index in [1.165, 1.54) is 18.5 Å². The van der Waals surface area contributed by atoms with Gasteiger partial charge in [-0.1, -0.05) is 48.2 Å². The van der Waals surface area contributed by atoms with E-state index in [9.17, 15) is 14.8 Å². The second kappa shape index (κ2) is 10.2. The molecule has 2 amide bonds. The lowest BCUT2D eigenvalue weighted by Crippen LogP contribution is -2.29. The molecule has 0 saturated heterocycles. The van der Waals surface area contributed by atoms with Crippen LogP contribution in [0.15, 0.2) is 91.5 Å². The number of primary amides is 1. The third-order valence-corrected chi connectivity index (χ3v) is 5.05. The first-order chi connectivity index (χ1) is 16.5. The van der Waals surface area contributed by atoms with Crippen molar-refractivity contribution in [3.63, 3.8) is 0 Å². The summed E-state index contributed by atoms with van der Waals surface area (Å²) in [5.74, 6) is 4.82. The molecule has 0 saturated carbocycles. The molecule has 0 atom stereocenters. The number of benzene rings is 2. The second-order valence-electron chi connectivity index (χ2n) is 7.38. The molecule has 0 aliphatic carbocycles. The number of hydrogen-bond donors (Lipinski definition) is 2. The Kier molecular flexibility index (Phi) is 6.73. The maximum atomic E-state index is 12.9. The Hall–Kier alpha value is -4.80. The highest BCUT2D eigenvalue weighted by atomic mass is 16.5. The fraction of sp³-hybridized carbons (Fsp3) is 0.0370. The zero-order chi connectivity index (χ0) is 23.9. The van der Waals surface area contributed by atoms with E-state index in [4.69, 9.17) is 5.73 Å². The lowest BCUT2D eigenvalue weighted by molar-refractivity contribution is -0.122. The molecular weight excluding hydrogens is 428 g/mol. The molecule has 3 N–H and O–H groups in total. The number of nitrogens with two attached hydrogens (primary N) is 1. The molecular formula is C27H20N4O3. The van der Waals surface area contributed by atoms with Crippen molar-refractivity contribution in [2.75, 3.05) is 5.06 Å². The van der Waals surface area contributed by atoms with E-state index in [1.807, 2.05) is 24.3 Å². The lowest BCUT2D eigenvalue weighted by Gasteiger charge is -2.20. The van der Waals surface area contributed by atoms with Gasteiger partial charge in [0.05, 0.1) is 17.7 Å². The van der Waals surface area contributed by atoms with E-state index in [0.717, 1.165) is 11.1 Å². The number of aromatic nitrogens is 2. The van der Waals surface area contributed by atoms with Gasteiger partial charge in [0, 0.05) is 47.0 Å². The van der Waals surface area contributed by atoms with Crippen LogP contribution >= 0.6 is 0 Å². The van der Waals surface area contributed by atoms with Gasteiger partial charge >= 0.3 is 0 Å². The quantitative estimate of drug-likeness (QED) is 0.275. The molecule has 7 heteroatoms. The van der Waals surface area contributed by atoms with Gasteiger partial charge in [-0.15, -0.1) is 0 Å². The smallest absolute Gasteiger partial charge is 0.255 e. The van der Waals surface area contributed by atoms with Crippen molar-refractivity contribution in [3.05, 3.63) is 114 Å². The molecule has 0 aliphatic heterocycles. The van der Waals surface area contributed by atoms with E-state index < -0.39 is 11.8 Å². The van der Waals surface area contributed by atoms with Crippen molar-refractivity contribution >= 4 is 17.5 Å². The number of nitrogens with zero attached hydrogens (tertiary/aromatic N) is 3. The van der Waals surface area contributed by atoms with Crippen LogP contribution in [-0.4, -0.2) is 27.0 Å². The van der Waals surface area contributed by atoms with Crippen molar-refractivity contribution in [1.29, 1.82) is 0 Å². The molecule has 0 aliphatic rings. The fourth-order valence-electron chi connectivity index (χ4n) is 3.40. The average Bonchev–Trinajstić information content (AvgIpc) is 2.88. The van der Waals surface area contributed by atoms with Crippen LogP contribution in [0.4, 0.5) is 5.69 Å². The molecule has 4 aromatic rings. The van der Waals surface area contributed by atoms with E-state index >= 15 is 0 Å². The largest absolute Gasteiger partial charge is 0.366 e. The van der Waals surface area contributed by atoms with Crippen LogP contribution < -0.4 is 10.8 Å². The molecule has 4 rings (SSSR count). The number of carbonyl (C=O) groups is 2. The minimum Gasteiger partial charge on any atom is -0.366 e. The van der Waals surface area contributed by atoms with Gasteiger partial charge in [0.2, 0.25) is 5.91 Å². The zero-order valence-corrected chi connectivity index (χ0v) is 18.1. The summed E-state index contributed by atoms with van der Waals surface area (Å²) in [5.41, 5.74) is 8.75. The van der Waals surface area contributed by atoms with Crippen LogP contribution in [0.2, 0.25) is 0 Å². The number of anilines is 1. The Balaban J connectivity index is 1.78. The molecule has 34 heavy (non-hydrogen) atoms. The van der Waals surface area contributed by atoms with Gasteiger partial charge in [0.25, 0.3) is 5.91 Å². The van der Waals surface area contributed by atoms with Gasteiger partial charge in [0.1, 0.15) is 0 Å². The second-order valence-corrected chi connectivity index (χ2v) is 7.38. The first-order valence-electron chi connectivity index (χ1n) is 10.4. The molecule has 166 valence electrons. The predicted molar refractivity (Wildman–Crippen MR) is 128 cm³/mol. The summed E-state index contributed by atoms with van der Waals surface area (Å²) < 4.78 is 0. The topological polar surface area (TPSA) is 109 Å². The predicted octanol–water partition coefficient (Wildman–Crippen LogP) is 3.61. The Bertz CT molecular complexity index is 1390. The van der Waals surface area contributed by atoms with Gasteiger partial charge in [-0.05, 0) is 35.9 Å². The Morgan fingerprint density at radius 2 is 1.62 bits per heavy atom. The number of hydroxylamine groups is 1. The summed E-state index contributed by atoms with van der Waals surface area (Å²) in [4.78, 5) is 33.1. The number of pyridine rings is 2. The maximum absolute atomic E-state index is 12.9. The van der Waals surface area contributed by atoms with Crippen LogP contribution in [0, 0.1) is 11.8 Å². The van der Waals surface area contributed by atoms with E-state index in [0.29, 0.717) is 21.8 Å². The monoisotopic (exact) mass is 448 g/mol. The molecule has 0 bridgehead atoms. The molecule has 2 aromatic carbocycles. The fourth-order valence-corrected chi connectivity index (χ4v) is 3.40. The third-order valence-electron chi connectivity index (χ3n) is 5.05. The average molecular weight is 448 g/mol. The first-order valence-corrected chi connectivity index (χ1v) is 10.4. The first kappa shape index (κ1) is 22.4. The standard InChI is InChI=1S/C27H20N4O3/c28-27(33)23-12-14-30-18-24(23)22-11-10-20(8-9-21-7-4-13-29-17-21)15-25(22)31(34)26(32)16-19-5-2-1-3-6-19/h1-7,10-15,17-18,34H,16H2,(H2,28,33). The summed E-state index contributed by atoms with van der Waals surface area (Å²) in [6, 6.07) is 19.2. The lowest BCUT2D eigenvalue weighted by atomic mass is 9.98. The summed E-state index contributed by atoms with van der Waals surface area (Å²) in [6.45, 7) is 0. The van der Waals surface area contributed by atoms with Gasteiger partial charge in [-0.25, -0.2) is 0 Å². The highest BCUT2D eigenvalue weighted by molar-refractivity contribution is 6.03. The van der Waals surface area contributed by atoms with Crippen LogP contribution in [0.25, 0.3) is 11.1 Å². The van der Waals surface area contributed by atoms with Crippen LogP contribution in [-0.2, 0) is 11.2 Å². The van der Waals surface area contributed by atoms with Crippen LogP contribution in [0.5, 0.6) is 0 Å². The number of carbonyl (C=O) groups excluding carboxylic acids is 2. The van der Waals surface area contributed by atoms with Gasteiger partial charge in [0.15, 0.2) is 0 Å². The SMILES string of the molecule is NC(=O)c1ccncc1-c1ccc(C#Cc2cccnc2)cc1N(O)C(=O)Cc1ccccc1. The van der Waals surface area contributed by atoms with Crippen molar-refractivity contribution in [3.8, 4) is 23.0 Å². The van der Waals surface area contributed by atoms with Gasteiger partial charge in [-0.2, -0.15) is 5.06 Å². The Morgan fingerprint density at radius 1 is 0.853 bits per heavy atom. The van der Waals surface area contributed by atoms with Gasteiger partial charge < -0.3 is 5.73 Å². The van der Waals surface area contributed by atoms with Crippen molar-refractivity contribution in [2.24, 2.45) is 5.73 Å². The molecule has 0 spiro atoms. The van der Waals surface area contributed by atoms with Crippen molar-refractivity contribution in [2.45, 2.75) is 6.42 Å². The minimum absolute atomic E-state index is 0.0158. The summed E-state index contributed by atoms with van der Waals surface area (Å²) in [7, 11) is 0. The molecule has 7 nitrogen and oxygen atoms in total. The maximum Gasteiger partial charge on any atom is 0.255 e. The van der Waals surface area contributed by atoms with Gasteiger partial charge in [-0.3, -0.25) is 24.8 Å². The molecule has 0 fully saturated rings. The van der Waals surface area contributed by atoms with Crippen LogP contribution in [0.1, 0.15) is 27.0 Å². The molecule has 0 radical (unpaired) electrons. The molecule has 0 unspecified atom stereocenters. The van der Waals surface area contributed by atoms with Crippen LogP contribution in [0.3, 0.4) is 0 Å². The van der Waals surface area contributed by atoms with Crippen molar-refractivity contribution in [1.82, 2.24) is 9.97 Å². The van der Waals surface area contributed by atoms with Crippen molar-refractivity contribution < 1.29 is 14.8 Å². The highest BCUT2D eigenvalue weighted by Crippen LogP contribution is 2.33. The van der Waals surface area contributed by atoms with E-state index in [2.05, 4.69) is 21.8 Å². The Labute approximate surface area is 196 Å². The number of rotatable bonds is 5. The number of amides is 2. The summed E-state index contributed by atoms with van der Waals surface area (Å²) in [6.07, 6.45) is 6.20. The Morgan fingerprint density at radius 3 is 2.35 bits per heavy atom. The zero-order valence-electron chi connectivity index (χ0n) is 18.1. The normalized spacial score (nSPS) is 10.1. The number of hydrogen-bond acceptors (Lipinski definition) is 5. The summed E-state index contributed by atoms with van der Waals surface area (Å²) in [5, 5.41) is 11.5. The highest BCUT2D eigenvalue weighted by Gasteiger charge is 2.21. The molecule has 2 heterocycles. The summed E-state index contributed by atoms with van der Waals surface area (Å²) >= 11 is 0. The minimum atomic E-state index is -0.649.